The molecule has 0 atom stereocenters. The minimum absolute atomic E-state index is 0.149. The van der Waals surface area contributed by atoms with Crippen molar-refractivity contribution in [3.8, 4) is 17.2 Å². The summed E-state index contributed by atoms with van der Waals surface area (Å²) in [4.78, 5) is 35.7. The molecule has 2 rings (SSSR count). The molecule has 0 unspecified atom stereocenters. The Morgan fingerprint density at radius 1 is 0.800 bits per heavy atom. The molecule has 30 heavy (non-hydrogen) atoms. The number of rotatable bonds is 9. The Morgan fingerprint density at radius 2 is 1.40 bits per heavy atom. The molecule has 0 aliphatic heterocycles. The van der Waals surface area contributed by atoms with Crippen LogP contribution in [0.3, 0.4) is 0 Å². The first-order valence-electron chi connectivity index (χ1n) is 8.84. The van der Waals surface area contributed by atoms with Gasteiger partial charge in [-0.1, -0.05) is 12.1 Å². The normalized spacial score (nSPS) is 10.0. The van der Waals surface area contributed by atoms with E-state index in [-0.39, 0.29) is 12.1 Å². The number of hydrogen-bond donors (Lipinski definition) is 1. The van der Waals surface area contributed by atoms with Crippen molar-refractivity contribution in [3.05, 3.63) is 53.1 Å². The van der Waals surface area contributed by atoms with Gasteiger partial charge in [0, 0.05) is 6.54 Å². The Balaban J connectivity index is 1.91. The molecule has 160 valence electrons. The molecule has 0 bridgehead atoms. The highest BCUT2D eigenvalue weighted by molar-refractivity contribution is 5.93. The number of esters is 2. The van der Waals surface area contributed by atoms with E-state index in [0.29, 0.717) is 22.8 Å². The van der Waals surface area contributed by atoms with Gasteiger partial charge in [-0.3, -0.25) is 4.79 Å². The van der Waals surface area contributed by atoms with E-state index in [4.69, 9.17) is 18.9 Å². The highest BCUT2D eigenvalue weighted by Gasteiger charge is 2.18. The third-order valence-electron chi connectivity index (χ3n) is 4.10. The molecule has 0 saturated carbocycles. The molecule has 0 aliphatic rings. The second kappa shape index (κ2) is 10.7. The minimum Gasteiger partial charge on any atom is -0.493 e. The lowest BCUT2D eigenvalue weighted by Crippen LogP contribution is -2.28. The topological polar surface area (TPSA) is 109 Å². The van der Waals surface area contributed by atoms with E-state index in [1.165, 1.54) is 40.6 Å². The predicted octanol–water partition coefficient (Wildman–Crippen LogP) is 1.97. The Labute approximate surface area is 173 Å². The molecule has 0 saturated heterocycles. The zero-order chi connectivity index (χ0) is 22.1. The van der Waals surface area contributed by atoms with Crippen LogP contribution in [0.4, 0.5) is 0 Å². The number of amides is 1. The molecule has 0 spiro atoms. The number of carbonyl (C=O) groups excluding carboxylic acids is 3. The molecule has 1 amide bonds. The third kappa shape index (κ3) is 5.63. The minimum atomic E-state index is -0.716. The fraction of sp³-hybridized carbons (Fsp3) is 0.286. The summed E-state index contributed by atoms with van der Waals surface area (Å²) in [5.74, 6) is -0.705. The molecule has 0 fully saturated rings. The molecule has 1 N–H and O–H groups in total. The summed E-state index contributed by atoms with van der Waals surface area (Å²) in [6.45, 7) is -0.252. The van der Waals surface area contributed by atoms with E-state index in [9.17, 15) is 14.4 Å². The molecule has 2 aromatic carbocycles. The van der Waals surface area contributed by atoms with Crippen LogP contribution in [0.2, 0.25) is 0 Å². The zero-order valence-corrected chi connectivity index (χ0v) is 17.1. The van der Waals surface area contributed by atoms with E-state index in [2.05, 4.69) is 10.1 Å². The number of nitrogens with one attached hydrogen (secondary N) is 1. The van der Waals surface area contributed by atoms with Crippen LogP contribution in [0, 0.1) is 0 Å². The Morgan fingerprint density at radius 3 is 1.90 bits per heavy atom. The second-order valence-electron chi connectivity index (χ2n) is 5.96. The van der Waals surface area contributed by atoms with Crippen LogP contribution in [0.25, 0.3) is 0 Å². The number of hydrogen-bond acceptors (Lipinski definition) is 8. The fourth-order valence-corrected chi connectivity index (χ4v) is 2.54. The van der Waals surface area contributed by atoms with Gasteiger partial charge in [0.05, 0.1) is 39.6 Å². The van der Waals surface area contributed by atoms with Gasteiger partial charge in [0.1, 0.15) is 0 Å². The van der Waals surface area contributed by atoms with Crippen molar-refractivity contribution in [2.45, 2.75) is 6.54 Å². The standard InChI is InChI=1S/C21H23NO8/c1-26-16-9-15(10-17(27-2)19(16)28-3)21(25)30-12-18(23)22-11-13-5-7-14(8-6-13)20(24)29-4/h5-10H,11-12H2,1-4H3,(H,22,23). The molecule has 0 radical (unpaired) electrons. The maximum absolute atomic E-state index is 12.3. The zero-order valence-electron chi connectivity index (χ0n) is 17.1. The summed E-state index contributed by atoms with van der Waals surface area (Å²) in [6.07, 6.45) is 0. The van der Waals surface area contributed by atoms with Gasteiger partial charge < -0.3 is 29.0 Å². The van der Waals surface area contributed by atoms with E-state index in [1.54, 1.807) is 24.3 Å². The molecule has 0 aromatic heterocycles. The van der Waals surface area contributed by atoms with Crippen molar-refractivity contribution in [1.29, 1.82) is 0 Å². The van der Waals surface area contributed by atoms with Crippen molar-refractivity contribution in [1.82, 2.24) is 5.32 Å². The van der Waals surface area contributed by atoms with Crippen LogP contribution < -0.4 is 19.5 Å². The van der Waals surface area contributed by atoms with Crippen LogP contribution >= 0.6 is 0 Å². The summed E-state index contributed by atoms with van der Waals surface area (Å²) in [5, 5.41) is 2.63. The Kier molecular flexibility index (Phi) is 8.04. The lowest BCUT2D eigenvalue weighted by atomic mass is 10.1. The van der Waals surface area contributed by atoms with Gasteiger partial charge in [-0.25, -0.2) is 9.59 Å². The first-order valence-corrected chi connectivity index (χ1v) is 8.84. The number of methoxy groups -OCH3 is 4. The van der Waals surface area contributed by atoms with Crippen molar-refractivity contribution < 1.29 is 38.1 Å². The summed E-state index contributed by atoms with van der Waals surface area (Å²) >= 11 is 0. The van der Waals surface area contributed by atoms with Gasteiger partial charge in [0.25, 0.3) is 5.91 Å². The fourth-order valence-electron chi connectivity index (χ4n) is 2.54. The quantitative estimate of drug-likeness (QED) is 0.617. The van der Waals surface area contributed by atoms with E-state index in [0.717, 1.165) is 5.56 Å². The molecule has 0 aliphatic carbocycles. The largest absolute Gasteiger partial charge is 0.493 e. The highest BCUT2D eigenvalue weighted by atomic mass is 16.5. The smallest absolute Gasteiger partial charge is 0.338 e. The lowest BCUT2D eigenvalue weighted by Gasteiger charge is -2.13. The van der Waals surface area contributed by atoms with Crippen LogP contribution in [0.5, 0.6) is 17.2 Å². The van der Waals surface area contributed by atoms with Crippen LogP contribution in [-0.2, 0) is 20.8 Å². The Bertz CT molecular complexity index is 883. The van der Waals surface area contributed by atoms with Gasteiger partial charge in [-0.2, -0.15) is 0 Å². The van der Waals surface area contributed by atoms with Crippen molar-refractivity contribution >= 4 is 17.8 Å². The summed E-state index contributed by atoms with van der Waals surface area (Å²) in [5.41, 5.74) is 1.33. The van der Waals surface area contributed by atoms with Gasteiger partial charge in [-0.15, -0.1) is 0 Å². The van der Waals surface area contributed by atoms with Gasteiger partial charge in [0.15, 0.2) is 18.1 Å². The van der Waals surface area contributed by atoms with Gasteiger partial charge >= 0.3 is 11.9 Å². The lowest BCUT2D eigenvalue weighted by molar-refractivity contribution is -0.124. The third-order valence-corrected chi connectivity index (χ3v) is 4.10. The summed E-state index contributed by atoms with van der Waals surface area (Å²) in [7, 11) is 5.61. The second-order valence-corrected chi connectivity index (χ2v) is 5.96. The van der Waals surface area contributed by atoms with Gasteiger partial charge in [-0.05, 0) is 29.8 Å². The maximum atomic E-state index is 12.3. The first-order chi connectivity index (χ1) is 14.4. The molecule has 2 aromatic rings. The van der Waals surface area contributed by atoms with Crippen LogP contribution in [-0.4, -0.2) is 52.9 Å². The van der Waals surface area contributed by atoms with Crippen molar-refractivity contribution in [3.63, 3.8) is 0 Å². The van der Waals surface area contributed by atoms with Gasteiger partial charge in [0.2, 0.25) is 5.75 Å². The Hall–Kier alpha value is -3.75. The van der Waals surface area contributed by atoms with Crippen LogP contribution in [0.1, 0.15) is 26.3 Å². The molecule has 9 nitrogen and oxygen atoms in total. The first kappa shape index (κ1) is 22.5. The average molecular weight is 417 g/mol. The SMILES string of the molecule is COC(=O)c1ccc(CNC(=O)COC(=O)c2cc(OC)c(OC)c(OC)c2)cc1. The summed E-state index contributed by atoms with van der Waals surface area (Å²) < 4.78 is 25.3. The predicted molar refractivity (Wildman–Crippen MR) is 106 cm³/mol. The number of benzene rings is 2. The highest BCUT2D eigenvalue weighted by Crippen LogP contribution is 2.38. The van der Waals surface area contributed by atoms with E-state index >= 15 is 0 Å². The maximum Gasteiger partial charge on any atom is 0.338 e. The molecular weight excluding hydrogens is 394 g/mol. The molecule has 9 heteroatoms. The molecular formula is C21H23NO8. The summed E-state index contributed by atoms with van der Waals surface area (Å²) in [6, 6.07) is 9.44. The monoisotopic (exact) mass is 417 g/mol. The van der Waals surface area contributed by atoms with E-state index < -0.39 is 24.5 Å². The number of ether oxygens (including phenoxy) is 5. The van der Waals surface area contributed by atoms with Crippen molar-refractivity contribution in [2.24, 2.45) is 0 Å². The van der Waals surface area contributed by atoms with E-state index in [1.807, 2.05) is 0 Å². The van der Waals surface area contributed by atoms with Crippen molar-refractivity contribution in [2.75, 3.05) is 35.0 Å². The number of carbonyl (C=O) groups is 3. The van der Waals surface area contributed by atoms with Crippen LogP contribution in [0.15, 0.2) is 36.4 Å². The molecule has 0 heterocycles. The average Bonchev–Trinajstić information content (AvgIpc) is 2.79.